The summed E-state index contributed by atoms with van der Waals surface area (Å²) in [5, 5.41) is 10.4. The summed E-state index contributed by atoms with van der Waals surface area (Å²) in [6.07, 6.45) is 6.06. The third kappa shape index (κ3) is 5.40. The number of hydrogen-bond donors (Lipinski definition) is 0. The van der Waals surface area contributed by atoms with E-state index in [0.29, 0.717) is 17.6 Å². The van der Waals surface area contributed by atoms with Gasteiger partial charge >= 0.3 is 0 Å². The van der Waals surface area contributed by atoms with Crippen molar-refractivity contribution in [2.45, 2.75) is 6.92 Å². The van der Waals surface area contributed by atoms with Gasteiger partial charge in [0, 0.05) is 54.7 Å². The second-order valence-electron chi connectivity index (χ2n) is 15.6. The van der Waals surface area contributed by atoms with Gasteiger partial charge in [-0.2, -0.15) is 9.97 Å². The fourth-order valence-electron chi connectivity index (χ4n) is 9.54. The van der Waals surface area contributed by atoms with Crippen molar-refractivity contribution in [3.8, 4) is 40.1 Å². The maximum absolute atomic E-state index is 5.20. The molecule has 4 aromatic heterocycles. The summed E-state index contributed by atoms with van der Waals surface area (Å²) in [7, 11) is 0. The maximum Gasteiger partial charge on any atom is 0.238 e. The summed E-state index contributed by atoms with van der Waals surface area (Å²) in [6, 6.07) is 64.5. The molecule has 4 heterocycles. The van der Waals surface area contributed by atoms with E-state index in [1.807, 2.05) is 66.7 Å². The van der Waals surface area contributed by atoms with Crippen LogP contribution in [-0.4, -0.2) is 28.7 Å². The van der Waals surface area contributed by atoms with Crippen LogP contribution in [0.15, 0.2) is 195 Å². The van der Waals surface area contributed by atoms with E-state index in [2.05, 4.69) is 161 Å². The van der Waals surface area contributed by atoms with Crippen LogP contribution in [0.2, 0.25) is 0 Å². The number of benzene rings is 8. The normalized spacial score (nSPS) is 12.5. The predicted molar refractivity (Wildman–Crippen MR) is 258 cm³/mol. The van der Waals surface area contributed by atoms with Crippen LogP contribution in [-0.2, 0) is 0 Å². The molecule has 12 aromatic rings. The second kappa shape index (κ2) is 14.1. The van der Waals surface area contributed by atoms with Gasteiger partial charge in [0.2, 0.25) is 5.95 Å². The Morgan fingerprint density at radius 3 is 1.56 bits per heavy atom. The highest BCUT2D eigenvalue weighted by atomic mass is 15.2. The van der Waals surface area contributed by atoms with Gasteiger partial charge in [-0.05, 0) is 66.2 Å². The van der Waals surface area contributed by atoms with Crippen molar-refractivity contribution in [3.05, 3.63) is 205 Å². The lowest BCUT2D eigenvalue weighted by atomic mass is 10.1. The van der Waals surface area contributed by atoms with Crippen molar-refractivity contribution in [3.63, 3.8) is 0 Å². The van der Waals surface area contributed by atoms with Gasteiger partial charge in [-0.3, -0.25) is 4.57 Å². The third-order valence-corrected chi connectivity index (χ3v) is 12.2. The van der Waals surface area contributed by atoms with Crippen molar-refractivity contribution in [2.75, 3.05) is 0 Å². The molecule has 0 radical (unpaired) electrons. The number of nitrogens with zero attached hydrogens (tertiary/aromatic N) is 6. The lowest BCUT2D eigenvalue weighted by Crippen LogP contribution is -2.29. The molecule has 0 spiro atoms. The molecule has 292 valence electrons. The summed E-state index contributed by atoms with van der Waals surface area (Å²) in [5.74, 6) is 1.76. The zero-order valence-corrected chi connectivity index (χ0v) is 33.9. The van der Waals surface area contributed by atoms with Crippen LogP contribution in [0.25, 0.3) is 118 Å². The lowest BCUT2D eigenvalue weighted by Gasteiger charge is -2.12. The first kappa shape index (κ1) is 35.6. The number of aromatic nitrogens is 6. The monoisotopic (exact) mass is 794 g/mol. The van der Waals surface area contributed by atoms with Gasteiger partial charge in [0.05, 0.1) is 32.9 Å². The fraction of sp³-hybridized carbons (Fsp3) is 0.0179. The summed E-state index contributed by atoms with van der Waals surface area (Å²) in [5.41, 5.74) is 9.62. The first-order chi connectivity index (χ1) is 30.7. The molecule has 0 aliphatic rings. The largest absolute Gasteiger partial charge is 0.309 e. The van der Waals surface area contributed by atoms with Crippen LogP contribution in [0.4, 0.5) is 0 Å². The van der Waals surface area contributed by atoms with E-state index in [1.165, 1.54) is 43.4 Å². The molecular weight excluding hydrogens is 757 g/mol. The van der Waals surface area contributed by atoms with Crippen LogP contribution in [0.3, 0.4) is 0 Å². The van der Waals surface area contributed by atoms with Gasteiger partial charge in [-0.25, -0.2) is 4.98 Å². The summed E-state index contributed by atoms with van der Waals surface area (Å²) < 4.78 is 7.01. The number of rotatable bonds is 6. The van der Waals surface area contributed by atoms with Crippen LogP contribution >= 0.6 is 0 Å². The molecule has 0 aliphatic carbocycles. The van der Waals surface area contributed by atoms with Crippen LogP contribution < -0.4 is 10.6 Å². The smallest absolute Gasteiger partial charge is 0.238 e. The molecule has 0 saturated heterocycles. The van der Waals surface area contributed by atoms with Gasteiger partial charge < -0.3 is 9.13 Å². The van der Waals surface area contributed by atoms with E-state index >= 15 is 0 Å². The van der Waals surface area contributed by atoms with Crippen molar-refractivity contribution in [1.29, 1.82) is 0 Å². The number of fused-ring (bicyclic) bond motifs is 9. The van der Waals surface area contributed by atoms with Gasteiger partial charge in [0.1, 0.15) is 0 Å². The van der Waals surface area contributed by atoms with Gasteiger partial charge in [0.15, 0.2) is 11.6 Å². The Kier molecular flexibility index (Phi) is 8.12. The maximum atomic E-state index is 5.20. The number of para-hydroxylation sites is 2. The molecule has 6 nitrogen and oxygen atoms in total. The topological polar surface area (TPSA) is 53.5 Å². The molecule has 6 heteroatoms. The summed E-state index contributed by atoms with van der Waals surface area (Å²) in [6.45, 7) is 6.17. The zero-order valence-electron chi connectivity index (χ0n) is 33.9. The summed E-state index contributed by atoms with van der Waals surface area (Å²) in [4.78, 5) is 15.4. The van der Waals surface area contributed by atoms with E-state index in [-0.39, 0.29) is 0 Å². The molecule has 0 N–H and O–H groups in total. The quantitative estimate of drug-likeness (QED) is 0.168. The number of hydrogen-bond acceptors (Lipinski definition) is 3. The molecule has 8 aromatic carbocycles. The SMILES string of the molecule is C=C/C=c1\c(=C/C)n(-c2nc(-c3ccccc3)nc(-c3ccccc3)n2)c2cc(-n3c4ccccc4c4c5c6ccccc6n(-c6ccc7ccccc7c6)c5ccc43)ccc12. The van der Waals surface area contributed by atoms with Crippen LogP contribution in [0, 0.1) is 0 Å². The molecule has 12 rings (SSSR count). The molecule has 0 aliphatic heterocycles. The predicted octanol–water partition coefficient (Wildman–Crippen LogP) is 12.3. The lowest BCUT2D eigenvalue weighted by molar-refractivity contribution is 0.910. The summed E-state index contributed by atoms with van der Waals surface area (Å²) >= 11 is 0. The average Bonchev–Trinajstić information content (AvgIpc) is 3.97. The van der Waals surface area contributed by atoms with Crippen molar-refractivity contribution in [2.24, 2.45) is 0 Å². The highest BCUT2D eigenvalue weighted by molar-refractivity contribution is 6.29. The Morgan fingerprint density at radius 1 is 0.435 bits per heavy atom. The zero-order chi connectivity index (χ0) is 41.3. The van der Waals surface area contributed by atoms with Gasteiger partial charge in [-0.1, -0.05) is 158 Å². The Balaban J connectivity index is 1.15. The van der Waals surface area contributed by atoms with Crippen LogP contribution in [0.5, 0.6) is 0 Å². The molecule has 62 heavy (non-hydrogen) atoms. The minimum atomic E-state index is 0.544. The molecule has 0 saturated carbocycles. The van der Waals surface area contributed by atoms with E-state index in [9.17, 15) is 0 Å². The Hall–Kier alpha value is -8.35. The molecule has 0 amide bonds. The van der Waals surface area contributed by atoms with E-state index in [0.717, 1.165) is 55.0 Å². The molecule has 0 fully saturated rings. The highest BCUT2D eigenvalue weighted by Gasteiger charge is 2.22. The minimum Gasteiger partial charge on any atom is -0.309 e. The molecular formula is C56H38N6. The molecule has 0 bridgehead atoms. The van der Waals surface area contributed by atoms with E-state index < -0.39 is 0 Å². The van der Waals surface area contributed by atoms with Gasteiger partial charge in [0.25, 0.3) is 0 Å². The van der Waals surface area contributed by atoms with Crippen molar-refractivity contribution < 1.29 is 0 Å². The molecule has 0 atom stereocenters. The average molecular weight is 795 g/mol. The number of allylic oxidation sites excluding steroid dienone is 1. The van der Waals surface area contributed by atoms with Crippen LogP contribution in [0.1, 0.15) is 6.92 Å². The Bertz CT molecular complexity index is 3830. The van der Waals surface area contributed by atoms with Gasteiger partial charge in [-0.15, -0.1) is 0 Å². The highest BCUT2D eigenvalue weighted by Crippen LogP contribution is 2.42. The van der Waals surface area contributed by atoms with Crippen molar-refractivity contribution in [1.82, 2.24) is 28.7 Å². The minimum absolute atomic E-state index is 0.544. The third-order valence-electron chi connectivity index (χ3n) is 12.2. The fourth-order valence-corrected chi connectivity index (χ4v) is 9.54. The van der Waals surface area contributed by atoms with Crippen molar-refractivity contribution >= 4 is 77.4 Å². The standard InChI is InChI=1S/C56H38N6/c1-3-17-42-43-31-30-41(35-51(43)62(46(42)4-2)56-58-54(37-19-7-5-8-20-37)57-55(59-56)38-21-9-6-10-22-38)61-48-27-16-14-25-45(48)53-50(61)33-32-49-52(53)44-24-13-15-26-47(44)60(49)40-29-28-36-18-11-12-23-39(36)34-40/h3-35H,1H2,2H3/b42-17-,46-4+. The second-order valence-corrected chi connectivity index (χ2v) is 15.6. The van der Waals surface area contributed by atoms with E-state index in [1.54, 1.807) is 0 Å². The molecule has 0 unspecified atom stereocenters. The Morgan fingerprint density at radius 2 is 0.968 bits per heavy atom. The first-order valence-electron chi connectivity index (χ1n) is 20.9. The Labute approximate surface area is 356 Å². The van der Waals surface area contributed by atoms with E-state index in [4.69, 9.17) is 15.0 Å². The first-order valence-corrected chi connectivity index (χ1v) is 20.9.